The zero-order valence-electron chi connectivity index (χ0n) is 30.3. The molecule has 1 aliphatic carbocycles. The van der Waals surface area contributed by atoms with E-state index >= 15 is 0 Å². The van der Waals surface area contributed by atoms with Crippen LogP contribution in [0.3, 0.4) is 0 Å². The van der Waals surface area contributed by atoms with Gasteiger partial charge in [0.1, 0.15) is 0 Å². The Bertz CT molecular complexity index is 2020. The summed E-state index contributed by atoms with van der Waals surface area (Å²) in [5.41, 5.74) is 9.42. The van der Waals surface area contributed by atoms with E-state index in [1.165, 1.54) is 42.0 Å². The van der Waals surface area contributed by atoms with Crippen molar-refractivity contribution in [3.8, 4) is 22.5 Å². The third-order valence-corrected chi connectivity index (χ3v) is 12.0. The van der Waals surface area contributed by atoms with E-state index in [2.05, 4.69) is 123 Å². The van der Waals surface area contributed by atoms with Crippen molar-refractivity contribution in [1.82, 2.24) is 15.0 Å². The van der Waals surface area contributed by atoms with Crippen LogP contribution in [0.4, 0.5) is 0 Å². The van der Waals surface area contributed by atoms with Gasteiger partial charge in [-0.3, -0.25) is 0 Å². The van der Waals surface area contributed by atoms with Gasteiger partial charge >= 0.3 is 0 Å². The van der Waals surface area contributed by atoms with E-state index in [1.807, 2.05) is 37.4 Å². The number of benzene rings is 2. The monoisotopic (exact) mass is 844 g/mol. The van der Waals surface area contributed by atoms with Gasteiger partial charge in [0, 0.05) is 43.6 Å². The number of aromatic nitrogens is 3. The van der Waals surface area contributed by atoms with E-state index in [-0.39, 0.29) is 25.5 Å². The van der Waals surface area contributed by atoms with Gasteiger partial charge in [0.2, 0.25) is 5.71 Å². The maximum absolute atomic E-state index is 5.98. The molecule has 0 atom stereocenters. The molecule has 0 aliphatic heterocycles. The fourth-order valence-corrected chi connectivity index (χ4v) is 8.76. The van der Waals surface area contributed by atoms with Gasteiger partial charge in [-0.15, -0.1) is 53.6 Å². The van der Waals surface area contributed by atoms with Crippen LogP contribution >= 0.6 is 0 Å². The Kier molecular flexibility index (Phi) is 11.4. The van der Waals surface area contributed by atoms with Crippen LogP contribution < -0.4 is 5.19 Å². The van der Waals surface area contributed by atoms with Gasteiger partial charge < -0.3 is 14.4 Å². The number of aryl methyl sites for hydroxylation is 1. The molecule has 0 bridgehead atoms. The number of fused-ring (bicyclic) bond motifs is 3. The SMILES string of the molecule is CC(C)Cc1cc(-c2[c-]cccc2)ncc1[Si](C)(C)C.Cc1ccc2c(n1)oc1[c-]c(-c3cc(C(C)(C)C4CCCC4)ccn3)ccc12.[Ir]. The zero-order chi connectivity index (χ0) is 34.1. The van der Waals surface area contributed by atoms with Crippen molar-refractivity contribution in [3.05, 3.63) is 108 Å². The second kappa shape index (κ2) is 15.2. The van der Waals surface area contributed by atoms with Crippen molar-refractivity contribution in [2.24, 2.45) is 11.8 Å². The molecule has 0 unspecified atom stereocenters. The Balaban J connectivity index is 0.000000199. The Morgan fingerprint density at radius 1 is 0.898 bits per heavy atom. The van der Waals surface area contributed by atoms with Crippen LogP contribution in [0.5, 0.6) is 0 Å². The number of pyridine rings is 3. The third kappa shape index (κ3) is 8.31. The quantitative estimate of drug-likeness (QED) is 0.119. The maximum atomic E-state index is 5.98. The first-order valence-corrected chi connectivity index (χ1v) is 21.1. The van der Waals surface area contributed by atoms with Crippen LogP contribution in [0.2, 0.25) is 19.6 Å². The molecule has 1 radical (unpaired) electrons. The topological polar surface area (TPSA) is 51.8 Å². The first-order chi connectivity index (χ1) is 22.9. The number of hydrogen-bond donors (Lipinski definition) is 0. The largest absolute Gasteiger partial charge is 0.459 e. The predicted molar refractivity (Wildman–Crippen MR) is 203 cm³/mol. The summed E-state index contributed by atoms with van der Waals surface area (Å²) in [6, 6.07) is 29.7. The van der Waals surface area contributed by atoms with E-state index in [0.717, 1.165) is 56.9 Å². The molecule has 6 aromatic rings. The minimum atomic E-state index is -1.34. The molecule has 257 valence electrons. The van der Waals surface area contributed by atoms with Crippen LogP contribution in [-0.2, 0) is 31.9 Å². The molecule has 0 N–H and O–H groups in total. The minimum Gasteiger partial charge on any atom is -0.459 e. The molecule has 0 amide bonds. The van der Waals surface area contributed by atoms with Gasteiger partial charge in [-0.2, -0.15) is 0 Å². The molecule has 1 saturated carbocycles. The number of rotatable bonds is 7. The summed E-state index contributed by atoms with van der Waals surface area (Å²) in [6.07, 6.45) is 10.5. The number of nitrogens with zero attached hydrogens (tertiary/aromatic N) is 3. The van der Waals surface area contributed by atoms with E-state index < -0.39 is 8.07 Å². The molecule has 4 aromatic heterocycles. The van der Waals surface area contributed by atoms with Crippen molar-refractivity contribution in [3.63, 3.8) is 0 Å². The Morgan fingerprint density at radius 3 is 2.33 bits per heavy atom. The average Bonchev–Trinajstić information content (AvgIpc) is 3.73. The summed E-state index contributed by atoms with van der Waals surface area (Å²) in [5.74, 6) is 1.42. The molecule has 1 fully saturated rings. The van der Waals surface area contributed by atoms with Crippen LogP contribution in [0.25, 0.3) is 44.6 Å². The molecule has 7 rings (SSSR count). The van der Waals surface area contributed by atoms with E-state index in [9.17, 15) is 0 Å². The number of hydrogen-bond acceptors (Lipinski definition) is 4. The van der Waals surface area contributed by atoms with E-state index in [1.54, 1.807) is 0 Å². The van der Waals surface area contributed by atoms with Crippen molar-refractivity contribution >= 4 is 35.3 Å². The molecular weight excluding hydrogens is 795 g/mol. The summed E-state index contributed by atoms with van der Waals surface area (Å²) in [4.78, 5) is 13.8. The van der Waals surface area contributed by atoms with Gasteiger partial charge in [-0.25, -0.2) is 4.98 Å². The standard InChI is InChI=1S/C25H25N2O.C18H24NSi.Ir/c1-16-8-10-21-20-11-9-17(14-23(20)28-24(21)27-16)22-15-19(12-13-26-22)25(2,3)18-6-4-5-7-18;1-14(2)11-16-12-17(15-9-7-6-8-10-15)19-13-18(16)20(3,4)5;/h8-13,15,18H,4-7H2,1-3H3;6-9,12-14H,11H2,1-5H3;/q2*-1;. The summed E-state index contributed by atoms with van der Waals surface area (Å²) >= 11 is 0. The van der Waals surface area contributed by atoms with E-state index in [4.69, 9.17) is 4.42 Å². The molecule has 4 nitrogen and oxygen atoms in total. The fraction of sp³-hybridized carbons (Fsp3) is 0.372. The van der Waals surface area contributed by atoms with Gasteiger partial charge in [0.15, 0.2) is 0 Å². The first-order valence-electron chi connectivity index (χ1n) is 17.6. The first kappa shape index (κ1) is 36.8. The third-order valence-electron chi connectivity index (χ3n) is 9.96. The molecular formula is C43H49IrN3OSi-2. The maximum Gasteiger partial charge on any atom is 0.215 e. The normalized spacial score (nSPS) is 13.8. The Hall–Kier alpha value is -3.44. The Labute approximate surface area is 307 Å². The van der Waals surface area contributed by atoms with Crippen LogP contribution in [-0.4, -0.2) is 23.0 Å². The van der Waals surface area contributed by atoms with E-state index in [0.29, 0.717) is 11.6 Å². The van der Waals surface area contributed by atoms with Crippen molar-refractivity contribution in [2.45, 2.75) is 91.8 Å². The average molecular weight is 844 g/mol. The summed E-state index contributed by atoms with van der Waals surface area (Å²) in [7, 11) is -1.34. The molecule has 2 aromatic carbocycles. The summed E-state index contributed by atoms with van der Waals surface area (Å²) in [5, 5.41) is 3.58. The second-order valence-corrected chi connectivity index (χ2v) is 20.5. The fourth-order valence-electron chi connectivity index (χ4n) is 7.17. The predicted octanol–water partition coefficient (Wildman–Crippen LogP) is 10.9. The van der Waals surface area contributed by atoms with Crippen molar-refractivity contribution in [1.29, 1.82) is 0 Å². The molecule has 0 spiro atoms. The smallest absolute Gasteiger partial charge is 0.215 e. The minimum absolute atomic E-state index is 0. The molecule has 4 heterocycles. The van der Waals surface area contributed by atoms with Gasteiger partial charge in [0.05, 0.1) is 13.7 Å². The van der Waals surface area contributed by atoms with Crippen molar-refractivity contribution < 1.29 is 24.5 Å². The van der Waals surface area contributed by atoms with Gasteiger partial charge in [-0.05, 0) is 77.7 Å². The molecule has 6 heteroatoms. The van der Waals surface area contributed by atoms with Crippen LogP contribution in [0.15, 0.2) is 83.5 Å². The molecule has 49 heavy (non-hydrogen) atoms. The molecule has 0 saturated heterocycles. The van der Waals surface area contributed by atoms with Crippen LogP contribution in [0.1, 0.15) is 70.2 Å². The summed E-state index contributed by atoms with van der Waals surface area (Å²) in [6.45, 7) is 18.5. The van der Waals surface area contributed by atoms with Crippen LogP contribution in [0, 0.1) is 30.9 Å². The molecule has 1 aliphatic rings. The van der Waals surface area contributed by atoms with Gasteiger partial charge in [0.25, 0.3) is 0 Å². The Morgan fingerprint density at radius 2 is 1.63 bits per heavy atom. The van der Waals surface area contributed by atoms with Crippen molar-refractivity contribution in [2.75, 3.05) is 0 Å². The second-order valence-electron chi connectivity index (χ2n) is 15.5. The zero-order valence-corrected chi connectivity index (χ0v) is 33.7. The van der Waals surface area contributed by atoms with Gasteiger partial charge in [-0.1, -0.05) is 95.4 Å². The summed E-state index contributed by atoms with van der Waals surface area (Å²) < 4.78 is 5.98. The number of furan rings is 1.